The maximum Gasteiger partial charge on any atom is 0.236 e. The summed E-state index contributed by atoms with van der Waals surface area (Å²) >= 11 is 1.74. The van der Waals surface area contributed by atoms with Crippen molar-refractivity contribution in [3.63, 3.8) is 0 Å². The summed E-state index contributed by atoms with van der Waals surface area (Å²) in [5.74, 6) is 1.35. The summed E-state index contributed by atoms with van der Waals surface area (Å²) in [6.07, 6.45) is 0. The normalized spacial score (nSPS) is 15.4. The number of thioether (sulfide) groups is 1. The van der Waals surface area contributed by atoms with Gasteiger partial charge < -0.3 is 14.5 Å². The molecule has 0 bridgehead atoms. The minimum absolute atomic E-state index is 0.0456. The van der Waals surface area contributed by atoms with Crippen molar-refractivity contribution in [1.29, 1.82) is 0 Å². The molecule has 0 radical (unpaired) electrons. The molecule has 1 heterocycles. The molecule has 2 aromatic carbocycles. The number of carbonyl (C=O) groups excluding carboxylic acids is 1. The number of benzene rings is 2. The zero-order valence-electron chi connectivity index (χ0n) is 17.7. The minimum Gasteiger partial charge on any atom is -0.378 e. The first-order valence-electron chi connectivity index (χ1n) is 10.4. The number of hydrogen-bond donors (Lipinski definition) is 0. The van der Waals surface area contributed by atoms with Crippen molar-refractivity contribution in [3.8, 4) is 0 Å². The molecule has 0 aromatic heterocycles. The smallest absolute Gasteiger partial charge is 0.236 e. The summed E-state index contributed by atoms with van der Waals surface area (Å²) < 4.78 is 5.49. The number of rotatable bonds is 8. The molecule has 0 saturated carbocycles. The van der Waals surface area contributed by atoms with Gasteiger partial charge in [-0.1, -0.05) is 62.4 Å². The van der Waals surface area contributed by atoms with Gasteiger partial charge in [-0.15, -0.1) is 11.8 Å². The number of morpholine rings is 1. The molecule has 1 aliphatic heterocycles. The topological polar surface area (TPSA) is 32.8 Å². The molecule has 1 atom stereocenters. The number of hydrogen-bond acceptors (Lipinski definition) is 4. The largest absolute Gasteiger partial charge is 0.378 e. The summed E-state index contributed by atoms with van der Waals surface area (Å²) in [6, 6.07) is 18.8. The summed E-state index contributed by atoms with van der Waals surface area (Å²) in [5.41, 5.74) is 3.67. The van der Waals surface area contributed by atoms with E-state index in [0.29, 0.717) is 6.54 Å². The minimum atomic E-state index is -0.0456. The lowest BCUT2D eigenvalue weighted by Gasteiger charge is -2.32. The van der Waals surface area contributed by atoms with E-state index in [-0.39, 0.29) is 17.1 Å². The Morgan fingerprint density at radius 3 is 2.41 bits per heavy atom. The molecule has 3 rings (SSSR count). The van der Waals surface area contributed by atoms with Gasteiger partial charge >= 0.3 is 0 Å². The molecule has 1 fully saturated rings. The second-order valence-corrected chi connectivity index (χ2v) is 9.01. The fraction of sp³-hybridized carbons (Fsp3) is 0.458. The summed E-state index contributed by atoms with van der Waals surface area (Å²) in [6.45, 7) is 8.21. The lowest BCUT2D eigenvalue weighted by molar-refractivity contribution is -0.130. The highest BCUT2D eigenvalue weighted by Gasteiger charge is 2.26. The number of para-hydroxylation sites is 1. The van der Waals surface area contributed by atoms with E-state index in [1.54, 1.807) is 11.8 Å². The Morgan fingerprint density at radius 1 is 1.07 bits per heavy atom. The summed E-state index contributed by atoms with van der Waals surface area (Å²) in [5, 5.41) is -0.0456. The Balaban J connectivity index is 1.67. The lowest BCUT2D eigenvalue weighted by atomic mass is 10.1. The van der Waals surface area contributed by atoms with Gasteiger partial charge in [0.1, 0.15) is 0 Å². The Bertz CT molecular complexity index is 775. The van der Waals surface area contributed by atoms with Crippen LogP contribution in [0.4, 0.5) is 5.69 Å². The van der Waals surface area contributed by atoms with Crippen molar-refractivity contribution in [2.75, 3.05) is 38.3 Å². The third-order valence-electron chi connectivity index (χ3n) is 5.25. The summed E-state index contributed by atoms with van der Waals surface area (Å²) in [4.78, 5) is 17.5. The average Bonchev–Trinajstić information content (AvgIpc) is 2.75. The van der Waals surface area contributed by atoms with Gasteiger partial charge in [0.2, 0.25) is 5.91 Å². The molecule has 0 N–H and O–H groups in total. The van der Waals surface area contributed by atoms with E-state index < -0.39 is 0 Å². The fourth-order valence-corrected chi connectivity index (χ4v) is 4.89. The maximum atomic E-state index is 13.3. The Hall–Kier alpha value is -1.98. The van der Waals surface area contributed by atoms with Crippen LogP contribution in [-0.4, -0.2) is 49.4 Å². The molecule has 1 aliphatic rings. The van der Waals surface area contributed by atoms with Crippen LogP contribution >= 0.6 is 11.8 Å². The van der Waals surface area contributed by atoms with Gasteiger partial charge in [-0.05, 0) is 23.1 Å². The van der Waals surface area contributed by atoms with Crippen LogP contribution in [0.5, 0.6) is 0 Å². The molecular formula is C24H32N2O2S. The molecule has 0 spiro atoms. The fourth-order valence-electron chi connectivity index (χ4n) is 3.62. The van der Waals surface area contributed by atoms with Crippen LogP contribution in [0.1, 0.15) is 25.0 Å². The highest BCUT2D eigenvalue weighted by Crippen LogP contribution is 2.27. The van der Waals surface area contributed by atoms with Crippen molar-refractivity contribution in [2.24, 2.45) is 5.92 Å². The van der Waals surface area contributed by atoms with E-state index >= 15 is 0 Å². The standard InChI is InChI=1S/C24H32N2O2S/c1-19(2)23(29-18-20-9-5-4-6-10-20)24(27)25(3)17-21-11-7-8-12-22(21)26-13-15-28-16-14-26/h4-12,19,23H,13-18H2,1-3H3. The van der Waals surface area contributed by atoms with Gasteiger partial charge in [0.25, 0.3) is 0 Å². The maximum absolute atomic E-state index is 13.3. The first-order chi connectivity index (χ1) is 14.1. The van der Waals surface area contributed by atoms with Gasteiger partial charge in [0.05, 0.1) is 18.5 Å². The van der Waals surface area contributed by atoms with Gasteiger partial charge in [0.15, 0.2) is 0 Å². The van der Waals surface area contributed by atoms with Crippen LogP contribution in [0, 0.1) is 5.92 Å². The molecule has 29 heavy (non-hydrogen) atoms. The highest BCUT2D eigenvalue weighted by atomic mass is 32.2. The van der Waals surface area contributed by atoms with E-state index in [4.69, 9.17) is 4.74 Å². The second kappa shape index (κ2) is 10.7. The van der Waals surface area contributed by atoms with Crippen molar-refractivity contribution in [2.45, 2.75) is 31.4 Å². The van der Waals surface area contributed by atoms with Gasteiger partial charge in [0, 0.05) is 38.1 Å². The molecule has 2 aromatic rings. The van der Waals surface area contributed by atoms with Crippen molar-refractivity contribution in [1.82, 2.24) is 4.90 Å². The van der Waals surface area contributed by atoms with Crippen LogP contribution in [-0.2, 0) is 21.8 Å². The molecule has 156 valence electrons. The third-order valence-corrected chi connectivity index (χ3v) is 6.85. The molecule has 1 amide bonds. The van der Waals surface area contributed by atoms with Gasteiger partial charge in [-0.2, -0.15) is 0 Å². The van der Waals surface area contributed by atoms with Crippen LogP contribution in [0.15, 0.2) is 54.6 Å². The monoisotopic (exact) mass is 412 g/mol. The quantitative estimate of drug-likeness (QED) is 0.642. The van der Waals surface area contributed by atoms with E-state index in [2.05, 4.69) is 67.3 Å². The predicted molar refractivity (Wildman–Crippen MR) is 122 cm³/mol. The molecule has 5 heteroatoms. The molecular weight excluding hydrogens is 380 g/mol. The van der Waals surface area contributed by atoms with E-state index in [9.17, 15) is 4.79 Å². The average molecular weight is 413 g/mol. The molecule has 1 unspecified atom stereocenters. The SMILES string of the molecule is CC(C)C(SCc1ccccc1)C(=O)N(C)Cc1ccccc1N1CCOCC1. The zero-order valence-corrected chi connectivity index (χ0v) is 18.5. The first kappa shape index (κ1) is 21.7. The number of ether oxygens (including phenoxy) is 1. The Labute approximate surface area is 179 Å². The molecule has 0 aliphatic carbocycles. The second-order valence-electron chi connectivity index (χ2n) is 7.88. The van der Waals surface area contributed by atoms with E-state index in [1.165, 1.54) is 16.8 Å². The van der Waals surface area contributed by atoms with E-state index in [1.807, 2.05) is 18.0 Å². The molecule has 1 saturated heterocycles. The predicted octanol–water partition coefficient (Wildman–Crippen LogP) is 4.44. The van der Waals surface area contributed by atoms with Crippen LogP contribution in [0.2, 0.25) is 0 Å². The number of amides is 1. The highest BCUT2D eigenvalue weighted by molar-refractivity contribution is 7.99. The Morgan fingerprint density at radius 2 is 1.72 bits per heavy atom. The molecule has 4 nitrogen and oxygen atoms in total. The van der Waals surface area contributed by atoms with Gasteiger partial charge in [-0.3, -0.25) is 4.79 Å². The number of carbonyl (C=O) groups is 1. The lowest BCUT2D eigenvalue weighted by Crippen LogP contribution is -2.39. The van der Waals surface area contributed by atoms with Crippen LogP contribution in [0.3, 0.4) is 0 Å². The first-order valence-corrected chi connectivity index (χ1v) is 11.4. The van der Waals surface area contributed by atoms with Crippen molar-refractivity contribution < 1.29 is 9.53 Å². The Kier molecular flexibility index (Phi) is 8.01. The van der Waals surface area contributed by atoms with E-state index in [0.717, 1.165) is 32.1 Å². The summed E-state index contributed by atoms with van der Waals surface area (Å²) in [7, 11) is 1.93. The van der Waals surface area contributed by atoms with Crippen molar-refractivity contribution in [3.05, 3.63) is 65.7 Å². The van der Waals surface area contributed by atoms with Crippen LogP contribution < -0.4 is 4.90 Å². The van der Waals surface area contributed by atoms with Gasteiger partial charge in [-0.25, -0.2) is 0 Å². The van der Waals surface area contributed by atoms with Crippen LogP contribution in [0.25, 0.3) is 0 Å². The number of nitrogens with zero attached hydrogens (tertiary/aromatic N) is 2. The third kappa shape index (κ3) is 6.00. The van der Waals surface area contributed by atoms with Crippen molar-refractivity contribution >= 4 is 23.4 Å². The number of anilines is 1. The zero-order chi connectivity index (χ0) is 20.6.